The number of ether oxygens (including phenoxy) is 2. The van der Waals surface area contributed by atoms with Crippen LogP contribution in [0.25, 0.3) is 0 Å². The highest BCUT2D eigenvalue weighted by Gasteiger charge is 2.09. The lowest BCUT2D eigenvalue weighted by Crippen LogP contribution is -2.12. The van der Waals surface area contributed by atoms with Crippen molar-refractivity contribution in [1.29, 1.82) is 0 Å². The standard InChI is InChI=1S/C16H24O4/c1-16(2,3)8-9-19-10-11-20-14-6-4-13(5-7-14)12-15(17)18/h4-7H,8-12H2,1-3H3,(H,17,18). The molecule has 0 amide bonds. The van der Waals surface area contributed by atoms with Gasteiger partial charge in [-0.2, -0.15) is 0 Å². The van der Waals surface area contributed by atoms with Gasteiger partial charge in [-0.05, 0) is 29.5 Å². The highest BCUT2D eigenvalue weighted by Crippen LogP contribution is 2.18. The quantitative estimate of drug-likeness (QED) is 0.743. The van der Waals surface area contributed by atoms with Crippen LogP contribution in [0, 0.1) is 5.41 Å². The lowest BCUT2D eigenvalue weighted by molar-refractivity contribution is -0.136. The van der Waals surface area contributed by atoms with Crippen LogP contribution in [0.15, 0.2) is 24.3 Å². The fourth-order valence-electron chi connectivity index (χ4n) is 1.58. The van der Waals surface area contributed by atoms with Crippen LogP contribution in [0.1, 0.15) is 32.8 Å². The Balaban J connectivity index is 2.17. The van der Waals surface area contributed by atoms with E-state index in [-0.39, 0.29) is 6.42 Å². The fraction of sp³-hybridized carbons (Fsp3) is 0.562. The Hall–Kier alpha value is -1.55. The summed E-state index contributed by atoms with van der Waals surface area (Å²) in [6.45, 7) is 8.36. The van der Waals surface area contributed by atoms with E-state index in [1.807, 2.05) is 0 Å². The maximum absolute atomic E-state index is 10.5. The van der Waals surface area contributed by atoms with E-state index >= 15 is 0 Å². The van der Waals surface area contributed by atoms with Crippen LogP contribution in [0.2, 0.25) is 0 Å². The van der Waals surface area contributed by atoms with E-state index in [0.29, 0.717) is 18.6 Å². The molecule has 0 fully saturated rings. The molecule has 0 unspecified atom stereocenters. The van der Waals surface area contributed by atoms with Crippen molar-refractivity contribution in [3.63, 3.8) is 0 Å². The SMILES string of the molecule is CC(C)(C)CCOCCOc1ccc(CC(=O)O)cc1. The van der Waals surface area contributed by atoms with Gasteiger partial charge in [0.1, 0.15) is 12.4 Å². The third kappa shape index (κ3) is 7.79. The second-order valence-corrected chi connectivity index (χ2v) is 5.99. The minimum atomic E-state index is -0.828. The summed E-state index contributed by atoms with van der Waals surface area (Å²) in [4.78, 5) is 10.5. The van der Waals surface area contributed by atoms with Crippen molar-refractivity contribution in [2.24, 2.45) is 5.41 Å². The van der Waals surface area contributed by atoms with Crippen LogP contribution < -0.4 is 4.74 Å². The highest BCUT2D eigenvalue weighted by molar-refractivity contribution is 5.70. The van der Waals surface area contributed by atoms with Gasteiger partial charge in [0.2, 0.25) is 0 Å². The molecule has 1 aromatic rings. The number of carboxylic acid groups (broad SMARTS) is 1. The zero-order chi connectivity index (χ0) is 15.0. The molecule has 20 heavy (non-hydrogen) atoms. The molecule has 1 rings (SSSR count). The second kappa shape index (κ2) is 7.90. The predicted molar refractivity (Wildman–Crippen MR) is 78.2 cm³/mol. The number of rotatable bonds is 8. The summed E-state index contributed by atoms with van der Waals surface area (Å²) in [6.07, 6.45) is 1.06. The number of carboxylic acids is 1. The smallest absolute Gasteiger partial charge is 0.307 e. The second-order valence-electron chi connectivity index (χ2n) is 5.99. The molecule has 0 bridgehead atoms. The normalized spacial score (nSPS) is 11.3. The van der Waals surface area contributed by atoms with Crippen molar-refractivity contribution in [2.75, 3.05) is 19.8 Å². The summed E-state index contributed by atoms with van der Waals surface area (Å²) in [6, 6.07) is 7.11. The van der Waals surface area contributed by atoms with Crippen molar-refractivity contribution in [3.05, 3.63) is 29.8 Å². The molecule has 0 saturated carbocycles. The van der Waals surface area contributed by atoms with Crippen LogP contribution >= 0.6 is 0 Å². The number of benzene rings is 1. The predicted octanol–water partition coefficient (Wildman–Crippen LogP) is 3.15. The first-order valence-electron chi connectivity index (χ1n) is 6.88. The van der Waals surface area contributed by atoms with Gasteiger partial charge in [0.15, 0.2) is 0 Å². The summed E-state index contributed by atoms with van der Waals surface area (Å²) in [5.41, 5.74) is 1.06. The van der Waals surface area contributed by atoms with E-state index in [1.165, 1.54) is 0 Å². The first kappa shape index (κ1) is 16.5. The summed E-state index contributed by atoms with van der Waals surface area (Å²) < 4.78 is 11.0. The van der Waals surface area contributed by atoms with Gasteiger partial charge in [0.25, 0.3) is 0 Å². The number of aliphatic carboxylic acids is 1. The zero-order valence-corrected chi connectivity index (χ0v) is 12.5. The average molecular weight is 280 g/mol. The van der Waals surface area contributed by atoms with Crippen LogP contribution in [-0.4, -0.2) is 30.9 Å². The minimum Gasteiger partial charge on any atom is -0.491 e. The van der Waals surface area contributed by atoms with E-state index in [1.54, 1.807) is 24.3 Å². The molecule has 1 aromatic carbocycles. The van der Waals surface area contributed by atoms with Gasteiger partial charge >= 0.3 is 5.97 Å². The van der Waals surface area contributed by atoms with Crippen molar-refractivity contribution >= 4 is 5.97 Å². The fourth-order valence-corrected chi connectivity index (χ4v) is 1.58. The summed E-state index contributed by atoms with van der Waals surface area (Å²) in [7, 11) is 0. The van der Waals surface area contributed by atoms with Crippen LogP contribution in [0.5, 0.6) is 5.75 Å². The van der Waals surface area contributed by atoms with E-state index in [2.05, 4.69) is 20.8 Å². The van der Waals surface area contributed by atoms with Gasteiger partial charge in [-0.1, -0.05) is 32.9 Å². The van der Waals surface area contributed by atoms with E-state index in [4.69, 9.17) is 14.6 Å². The number of carbonyl (C=O) groups is 1. The first-order valence-corrected chi connectivity index (χ1v) is 6.88. The monoisotopic (exact) mass is 280 g/mol. The molecule has 0 heterocycles. The molecule has 4 heteroatoms. The summed E-state index contributed by atoms with van der Waals surface area (Å²) in [5, 5.41) is 8.67. The maximum atomic E-state index is 10.5. The maximum Gasteiger partial charge on any atom is 0.307 e. The van der Waals surface area contributed by atoms with Gasteiger partial charge in [-0.25, -0.2) is 0 Å². The zero-order valence-electron chi connectivity index (χ0n) is 12.5. The van der Waals surface area contributed by atoms with Gasteiger partial charge < -0.3 is 14.6 Å². The topological polar surface area (TPSA) is 55.8 Å². The minimum absolute atomic E-state index is 0.0379. The number of hydrogen-bond donors (Lipinski definition) is 1. The van der Waals surface area contributed by atoms with Gasteiger partial charge in [0, 0.05) is 6.61 Å². The summed E-state index contributed by atoms with van der Waals surface area (Å²) >= 11 is 0. The molecule has 0 aromatic heterocycles. The Kier molecular flexibility index (Phi) is 6.52. The summed E-state index contributed by atoms with van der Waals surface area (Å²) in [5.74, 6) is -0.0931. The van der Waals surface area contributed by atoms with Gasteiger partial charge in [0.05, 0.1) is 13.0 Å². The molecule has 0 aliphatic heterocycles. The van der Waals surface area contributed by atoms with Gasteiger partial charge in [-0.15, -0.1) is 0 Å². The Labute approximate surface area is 120 Å². The molecule has 0 atom stereocenters. The van der Waals surface area contributed by atoms with Crippen molar-refractivity contribution in [1.82, 2.24) is 0 Å². The molecule has 0 radical (unpaired) electrons. The highest BCUT2D eigenvalue weighted by atomic mass is 16.5. The molecule has 0 saturated heterocycles. The Morgan fingerprint density at radius 3 is 2.30 bits per heavy atom. The lowest BCUT2D eigenvalue weighted by atomic mass is 9.93. The van der Waals surface area contributed by atoms with Crippen LogP contribution in [0.3, 0.4) is 0 Å². The third-order valence-corrected chi connectivity index (χ3v) is 2.77. The van der Waals surface area contributed by atoms with Crippen LogP contribution in [-0.2, 0) is 16.0 Å². The molecule has 0 aliphatic carbocycles. The van der Waals surface area contributed by atoms with Crippen molar-refractivity contribution < 1.29 is 19.4 Å². The van der Waals surface area contributed by atoms with E-state index in [9.17, 15) is 4.79 Å². The van der Waals surface area contributed by atoms with Crippen molar-refractivity contribution in [2.45, 2.75) is 33.6 Å². The lowest BCUT2D eigenvalue weighted by Gasteiger charge is -2.17. The Morgan fingerprint density at radius 1 is 1.10 bits per heavy atom. The van der Waals surface area contributed by atoms with Crippen molar-refractivity contribution in [3.8, 4) is 5.75 Å². The molecule has 0 aliphatic rings. The molecular formula is C16H24O4. The average Bonchev–Trinajstić information content (AvgIpc) is 2.33. The largest absolute Gasteiger partial charge is 0.491 e. The number of hydrogen-bond acceptors (Lipinski definition) is 3. The van der Waals surface area contributed by atoms with E-state index < -0.39 is 5.97 Å². The first-order chi connectivity index (χ1) is 9.37. The van der Waals surface area contributed by atoms with E-state index in [0.717, 1.165) is 24.3 Å². The van der Waals surface area contributed by atoms with Gasteiger partial charge in [-0.3, -0.25) is 4.79 Å². The molecule has 1 N–H and O–H groups in total. The Morgan fingerprint density at radius 2 is 1.75 bits per heavy atom. The molecule has 0 spiro atoms. The Bertz CT molecular complexity index is 403. The van der Waals surface area contributed by atoms with Crippen LogP contribution in [0.4, 0.5) is 0 Å². The molecule has 4 nitrogen and oxygen atoms in total. The third-order valence-electron chi connectivity index (χ3n) is 2.77. The molecule has 112 valence electrons. The molecular weight excluding hydrogens is 256 g/mol.